The molecule has 138 valence electrons. The van der Waals surface area contributed by atoms with Crippen molar-refractivity contribution >= 4 is 5.91 Å². The van der Waals surface area contributed by atoms with Gasteiger partial charge in [-0.1, -0.05) is 50.2 Å². The highest BCUT2D eigenvalue weighted by Gasteiger charge is 2.43. The number of hydrogen-bond acceptors (Lipinski definition) is 2. The summed E-state index contributed by atoms with van der Waals surface area (Å²) in [5.74, 6) is 0.0980. The summed E-state index contributed by atoms with van der Waals surface area (Å²) in [6.45, 7) is 7.95. The zero-order chi connectivity index (χ0) is 18.5. The lowest BCUT2D eigenvalue weighted by molar-refractivity contribution is -0.122. The average Bonchev–Trinajstić information content (AvgIpc) is 3.46. The molecule has 0 aliphatic heterocycles. The number of rotatable bonds is 8. The van der Waals surface area contributed by atoms with E-state index in [2.05, 4.69) is 48.3 Å². The van der Waals surface area contributed by atoms with E-state index in [1.165, 1.54) is 17.7 Å². The van der Waals surface area contributed by atoms with Gasteiger partial charge in [-0.05, 0) is 54.3 Å². The van der Waals surface area contributed by atoms with E-state index >= 15 is 0 Å². The van der Waals surface area contributed by atoms with Crippen LogP contribution in [0.5, 0.6) is 0 Å². The molecule has 1 aliphatic carbocycles. The lowest BCUT2D eigenvalue weighted by Crippen LogP contribution is -2.25. The van der Waals surface area contributed by atoms with Gasteiger partial charge in [0.15, 0.2) is 0 Å². The van der Waals surface area contributed by atoms with Gasteiger partial charge >= 0.3 is 0 Å². The Kier molecular flexibility index (Phi) is 6.04. The number of carbonyl (C=O) groups is 1. The van der Waals surface area contributed by atoms with Crippen LogP contribution in [0.3, 0.4) is 0 Å². The molecule has 2 unspecified atom stereocenters. The van der Waals surface area contributed by atoms with E-state index in [1.807, 2.05) is 0 Å². The quantitative estimate of drug-likeness (QED) is 0.774. The molecule has 1 fully saturated rings. The van der Waals surface area contributed by atoms with Crippen molar-refractivity contribution in [3.8, 4) is 0 Å². The SMILES string of the molecule is CCN(CC)Cc1ccc(CNC(=O)C2CC2c2ccc(F)cc2)cc1. The minimum Gasteiger partial charge on any atom is -0.352 e. The Balaban J connectivity index is 1.47. The highest BCUT2D eigenvalue weighted by atomic mass is 19.1. The molecule has 3 rings (SSSR count). The van der Waals surface area contributed by atoms with Gasteiger partial charge in [0.1, 0.15) is 5.82 Å². The molecule has 4 heteroatoms. The molecule has 26 heavy (non-hydrogen) atoms. The van der Waals surface area contributed by atoms with Crippen molar-refractivity contribution < 1.29 is 9.18 Å². The summed E-state index contributed by atoms with van der Waals surface area (Å²) < 4.78 is 13.0. The van der Waals surface area contributed by atoms with Crippen LogP contribution in [0, 0.1) is 11.7 Å². The summed E-state index contributed by atoms with van der Waals surface area (Å²) in [5.41, 5.74) is 3.45. The Morgan fingerprint density at radius 2 is 1.65 bits per heavy atom. The van der Waals surface area contributed by atoms with E-state index in [4.69, 9.17) is 0 Å². The summed E-state index contributed by atoms with van der Waals surface area (Å²) in [6.07, 6.45) is 0.847. The molecule has 1 N–H and O–H groups in total. The number of hydrogen-bond donors (Lipinski definition) is 1. The molecule has 0 spiro atoms. The number of benzene rings is 2. The van der Waals surface area contributed by atoms with Gasteiger partial charge in [-0.15, -0.1) is 0 Å². The van der Waals surface area contributed by atoms with Crippen LogP contribution in [0.2, 0.25) is 0 Å². The summed E-state index contributed by atoms with van der Waals surface area (Å²) in [6, 6.07) is 14.9. The molecule has 0 bridgehead atoms. The van der Waals surface area contributed by atoms with Crippen molar-refractivity contribution in [2.24, 2.45) is 5.92 Å². The first kappa shape index (κ1) is 18.6. The van der Waals surface area contributed by atoms with Crippen LogP contribution in [0.4, 0.5) is 4.39 Å². The molecule has 3 nitrogen and oxygen atoms in total. The van der Waals surface area contributed by atoms with E-state index in [9.17, 15) is 9.18 Å². The van der Waals surface area contributed by atoms with Gasteiger partial charge in [-0.3, -0.25) is 9.69 Å². The summed E-state index contributed by atoms with van der Waals surface area (Å²) in [5, 5.41) is 3.03. The van der Waals surface area contributed by atoms with Gasteiger partial charge in [0.05, 0.1) is 0 Å². The first-order chi connectivity index (χ1) is 12.6. The van der Waals surface area contributed by atoms with Crippen LogP contribution in [0.15, 0.2) is 48.5 Å². The predicted octanol–water partition coefficient (Wildman–Crippen LogP) is 4.09. The predicted molar refractivity (Wildman–Crippen MR) is 102 cm³/mol. The fraction of sp³-hybridized carbons (Fsp3) is 0.409. The third kappa shape index (κ3) is 4.70. The maximum absolute atomic E-state index is 13.0. The van der Waals surface area contributed by atoms with Crippen molar-refractivity contribution in [3.63, 3.8) is 0 Å². The van der Waals surface area contributed by atoms with Gasteiger partial charge in [0.25, 0.3) is 0 Å². The van der Waals surface area contributed by atoms with Crippen molar-refractivity contribution in [2.45, 2.75) is 39.3 Å². The number of nitrogens with one attached hydrogen (secondary N) is 1. The molecule has 2 aromatic rings. The molecule has 1 amide bonds. The second-order valence-corrected chi connectivity index (χ2v) is 7.00. The number of amides is 1. The third-order valence-corrected chi connectivity index (χ3v) is 5.22. The van der Waals surface area contributed by atoms with Crippen LogP contribution in [0.1, 0.15) is 42.9 Å². The van der Waals surface area contributed by atoms with Crippen molar-refractivity contribution in [3.05, 3.63) is 71.0 Å². The van der Waals surface area contributed by atoms with Crippen molar-refractivity contribution in [1.29, 1.82) is 0 Å². The molecule has 0 radical (unpaired) electrons. The van der Waals surface area contributed by atoms with Gasteiger partial charge in [0, 0.05) is 19.0 Å². The standard InChI is InChI=1S/C22H27FN2O/c1-3-25(4-2)15-17-7-5-16(6-8-17)14-24-22(26)21-13-20(21)18-9-11-19(23)12-10-18/h5-12,20-21H,3-4,13-15H2,1-2H3,(H,24,26). The smallest absolute Gasteiger partial charge is 0.224 e. The third-order valence-electron chi connectivity index (χ3n) is 5.22. The van der Waals surface area contributed by atoms with Crippen LogP contribution >= 0.6 is 0 Å². The molecule has 0 saturated heterocycles. The highest BCUT2D eigenvalue weighted by molar-refractivity contribution is 5.82. The second-order valence-electron chi connectivity index (χ2n) is 7.00. The second kappa shape index (κ2) is 8.45. The van der Waals surface area contributed by atoms with E-state index in [0.29, 0.717) is 6.54 Å². The van der Waals surface area contributed by atoms with Crippen molar-refractivity contribution in [1.82, 2.24) is 10.2 Å². The van der Waals surface area contributed by atoms with E-state index in [-0.39, 0.29) is 23.6 Å². The topological polar surface area (TPSA) is 32.3 Å². The molecule has 0 heterocycles. The molecule has 1 saturated carbocycles. The van der Waals surface area contributed by atoms with Crippen LogP contribution < -0.4 is 5.32 Å². The minimum atomic E-state index is -0.236. The largest absolute Gasteiger partial charge is 0.352 e. The number of halogens is 1. The van der Waals surface area contributed by atoms with Gasteiger partial charge in [-0.25, -0.2) is 4.39 Å². The molecular weight excluding hydrogens is 327 g/mol. The Hall–Kier alpha value is -2.20. The normalized spacial score (nSPS) is 18.8. The minimum absolute atomic E-state index is 0.0161. The fourth-order valence-electron chi connectivity index (χ4n) is 3.35. The van der Waals surface area contributed by atoms with E-state index in [0.717, 1.165) is 37.2 Å². The zero-order valence-electron chi connectivity index (χ0n) is 15.5. The maximum Gasteiger partial charge on any atom is 0.224 e. The summed E-state index contributed by atoms with van der Waals surface area (Å²) >= 11 is 0. The average molecular weight is 354 g/mol. The molecular formula is C22H27FN2O. The molecule has 0 aromatic heterocycles. The molecule has 2 atom stereocenters. The van der Waals surface area contributed by atoms with Crippen LogP contribution in [0.25, 0.3) is 0 Å². The Morgan fingerprint density at radius 1 is 1.04 bits per heavy atom. The monoisotopic (exact) mass is 354 g/mol. The van der Waals surface area contributed by atoms with Crippen LogP contribution in [-0.2, 0) is 17.9 Å². The fourth-order valence-corrected chi connectivity index (χ4v) is 3.35. The Morgan fingerprint density at radius 3 is 2.27 bits per heavy atom. The van der Waals surface area contributed by atoms with Crippen LogP contribution in [-0.4, -0.2) is 23.9 Å². The molecule has 1 aliphatic rings. The Labute approximate surface area is 155 Å². The van der Waals surface area contributed by atoms with Gasteiger partial charge in [-0.2, -0.15) is 0 Å². The molecule has 2 aromatic carbocycles. The number of nitrogens with zero attached hydrogens (tertiary/aromatic N) is 1. The van der Waals surface area contributed by atoms with Crippen molar-refractivity contribution in [2.75, 3.05) is 13.1 Å². The zero-order valence-corrected chi connectivity index (χ0v) is 15.5. The number of carbonyl (C=O) groups excluding carboxylic acids is 1. The van der Waals surface area contributed by atoms with E-state index < -0.39 is 0 Å². The maximum atomic E-state index is 13.0. The lowest BCUT2D eigenvalue weighted by Gasteiger charge is -2.18. The first-order valence-electron chi connectivity index (χ1n) is 9.44. The van der Waals surface area contributed by atoms with E-state index in [1.54, 1.807) is 12.1 Å². The summed E-state index contributed by atoms with van der Waals surface area (Å²) in [4.78, 5) is 14.7. The van der Waals surface area contributed by atoms with Gasteiger partial charge < -0.3 is 5.32 Å². The van der Waals surface area contributed by atoms with Gasteiger partial charge in [0.2, 0.25) is 5.91 Å². The first-order valence-corrected chi connectivity index (χ1v) is 9.44. The lowest BCUT2D eigenvalue weighted by atomic mass is 10.1. The summed E-state index contributed by atoms with van der Waals surface area (Å²) in [7, 11) is 0. The highest BCUT2D eigenvalue weighted by Crippen LogP contribution is 2.47. The Bertz CT molecular complexity index is 723.